The Balaban J connectivity index is 1.97. The topological polar surface area (TPSA) is 42.2 Å². The number of rotatable bonds is 5. The minimum atomic E-state index is 0.610. The lowest BCUT2D eigenvalue weighted by molar-refractivity contribution is 0.318. The molecule has 2 N–H and O–H groups in total. The van der Waals surface area contributed by atoms with E-state index in [2.05, 4.69) is 16.8 Å². The molecule has 0 radical (unpaired) electrons. The van der Waals surface area contributed by atoms with Crippen molar-refractivity contribution in [3.05, 3.63) is 11.1 Å². The molecule has 15 heavy (non-hydrogen) atoms. The first kappa shape index (κ1) is 10.9. The van der Waals surface area contributed by atoms with Crippen LogP contribution in [0.5, 0.6) is 0 Å². The summed E-state index contributed by atoms with van der Waals surface area (Å²) in [5.41, 5.74) is 5.60. The minimum Gasteiger partial charge on any atom is -0.348 e. The third kappa shape index (κ3) is 2.49. The van der Waals surface area contributed by atoms with E-state index >= 15 is 0 Å². The van der Waals surface area contributed by atoms with Gasteiger partial charge in [-0.25, -0.2) is 4.98 Å². The van der Waals surface area contributed by atoms with Crippen molar-refractivity contribution in [3.8, 4) is 0 Å². The van der Waals surface area contributed by atoms with Gasteiger partial charge in [0.15, 0.2) is 5.13 Å². The van der Waals surface area contributed by atoms with E-state index in [1.165, 1.54) is 30.7 Å². The van der Waals surface area contributed by atoms with E-state index in [0.717, 1.165) is 17.6 Å². The van der Waals surface area contributed by atoms with E-state index in [1.54, 1.807) is 11.3 Å². The van der Waals surface area contributed by atoms with Crippen LogP contribution < -0.4 is 10.6 Å². The molecule has 0 spiro atoms. The number of nitrogens with zero attached hydrogens (tertiary/aromatic N) is 2. The second-order valence-electron chi connectivity index (χ2n) is 4.15. The maximum absolute atomic E-state index is 5.60. The molecular formula is C11H19N3S. The van der Waals surface area contributed by atoms with Gasteiger partial charge >= 0.3 is 0 Å². The van der Waals surface area contributed by atoms with Crippen molar-refractivity contribution in [1.82, 2.24) is 4.98 Å². The van der Waals surface area contributed by atoms with Crippen LogP contribution in [0.4, 0.5) is 5.13 Å². The summed E-state index contributed by atoms with van der Waals surface area (Å²) in [6, 6.07) is 0. The van der Waals surface area contributed by atoms with Gasteiger partial charge < -0.3 is 10.6 Å². The SMILES string of the molecule is CCN(CC1CCC1)c1ncc(CN)s1. The van der Waals surface area contributed by atoms with Crippen molar-refractivity contribution >= 4 is 16.5 Å². The quantitative estimate of drug-likeness (QED) is 0.835. The van der Waals surface area contributed by atoms with E-state index < -0.39 is 0 Å². The van der Waals surface area contributed by atoms with Gasteiger partial charge in [-0.1, -0.05) is 6.42 Å². The first-order valence-electron chi connectivity index (χ1n) is 5.73. The molecule has 1 aliphatic rings. The predicted octanol–water partition coefficient (Wildman–Crippen LogP) is 2.23. The van der Waals surface area contributed by atoms with Crippen LogP contribution >= 0.6 is 11.3 Å². The van der Waals surface area contributed by atoms with Crippen LogP contribution in [0.3, 0.4) is 0 Å². The van der Waals surface area contributed by atoms with E-state index in [-0.39, 0.29) is 0 Å². The summed E-state index contributed by atoms with van der Waals surface area (Å²) < 4.78 is 0. The molecular weight excluding hydrogens is 206 g/mol. The van der Waals surface area contributed by atoms with Gasteiger partial charge in [-0.3, -0.25) is 0 Å². The van der Waals surface area contributed by atoms with Gasteiger partial charge in [0, 0.05) is 30.7 Å². The third-order valence-electron chi connectivity index (χ3n) is 3.10. The van der Waals surface area contributed by atoms with Gasteiger partial charge in [-0.15, -0.1) is 11.3 Å². The summed E-state index contributed by atoms with van der Waals surface area (Å²) in [6.45, 7) is 5.03. The average Bonchev–Trinajstić information content (AvgIpc) is 2.65. The van der Waals surface area contributed by atoms with Crippen LogP contribution in [0.2, 0.25) is 0 Å². The molecule has 1 aromatic rings. The Morgan fingerprint density at radius 2 is 2.40 bits per heavy atom. The summed E-state index contributed by atoms with van der Waals surface area (Å²) in [4.78, 5) is 7.99. The van der Waals surface area contributed by atoms with Crippen molar-refractivity contribution in [1.29, 1.82) is 0 Å². The molecule has 1 fully saturated rings. The Bertz CT molecular complexity index is 307. The molecule has 0 saturated heterocycles. The lowest BCUT2D eigenvalue weighted by atomic mass is 9.85. The van der Waals surface area contributed by atoms with Gasteiger partial charge in [0.25, 0.3) is 0 Å². The van der Waals surface area contributed by atoms with Crippen LogP contribution in [0.25, 0.3) is 0 Å². The molecule has 0 amide bonds. The lowest BCUT2D eigenvalue weighted by Gasteiger charge is -2.31. The van der Waals surface area contributed by atoms with E-state index in [1.807, 2.05) is 6.20 Å². The Kier molecular flexibility index (Phi) is 3.59. The second kappa shape index (κ2) is 4.94. The highest BCUT2D eigenvalue weighted by Crippen LogP contribution is 2.30. The van der Waals surface area contributed by atoms with Crippen LogP contribution in [-0.2, 0) is 6.54 Å². The van der Waals surface area contributed by atoms with Crippen molar-refractivity contribution in [3.63, 3.8) is 0 Å². The summed E-state index contributed by atoms with van der Waals surface area (Å²) in [5.74, 6) is 0.898. The van der Waals surface area contributed by atoms with Crippen LogP contribution in [0.1, 0.15) is 31.1 Å². The van der Waals surface area contributed by atoms with Crippen molar-refractivity contribution in [2.24, 2.45) is 11.7 Å². The molecule has 0 aromatic carbocycles. The summed E-state index contributed by atoms with van der Waals surface area (Å²) in [5, 5.41) is 1.14. The summed E-state index contributed by atoms with van der Waals surface area (Å²) in [7, 11) is 0. The van der Waals surface area contributed by atoms with Gasteiger partial charge in [0.05, 0.1) is 0 Å². The van der Waals surface area contributed by atoms with Crippen LogP contribution in [-0.4, -0.2) is 18.1 Å². The van der Waals surface area contributed by atoms with Gasteiger partial charge in [-0.2, -0.15) is 0 Å². The lowest BCUT2D eigenvalue weighted by Crippen LogP contribution is -2.32. The molecule has 0 unspecified atom stereocenters. The van der Waals surface area contributed by atoms with Crippen molar-refractivity contribution in [2.45, 2.75) is 32.7 Å². The second-order valence-corrected chi connectivity index (χ2v) is 5.24. The number of hydrogen-bond acceptors (Lipinski definition) is 4. The Morgan fingerprint density at radius 3 is 2.87 bits per heavy atom. The van der Waals surface area contributed by atoms with Crippen molar-refractivity contribution in [2.75, 3.05) is 18.0 Å². The number of hydrogen-bond donors (Lipinski definition) is 1. The molecule has 0 atom stereocenters. The van der Waals surface area contributed by atoms with Gasteiger partial charge in [0.2, 0.25) is 0 Å². The highest BCUT2D eigenvalue weighted by molar-refractivity contribution is 7.15. The molecule has 1 aliphatic carbocycles. The molecule has 0 aliphatic heterocycles. The molecule has 84 valence electrons. The van der Waals surface area contributed by atoms with Gasteiger partial charge in [-0.05, 0) is 25.7 Å². The maximum Gasteiger partial charge on any atom is 0.185 e. The number of thiazole rings is 1. The molecule has 4 heteroatoms. The fraction of sp³-hybridized carbons (Fsp3) is 0.727. The van der Waals surface area contributed by atoms with Crippen LogP contribution in [0, 0.1) is 5.92 Å². The van der Waals surface area contributed by atoms with Crippen molar-refractivity contribution < 1.29 is 0 Å². The number of aromatic nitrogens is 1. The normalized spacial score (nSPS) is 16.4. The fourth-order valence-electron chi connectivity index (χ4n) is 1.87. The maximum atomic E-state index is 5.60. The largest absolute Gasteiger partial charge is 0.348 e. The number of anilines is 1. The van der Waals surface area contributed by atoms with E-state index in [0.29, 0.717) is 6.54 Å². The molecule has 0 bridgehead atoms. The van der Waals surface area contributed by atoms with E-state index in [9.17, 15) is 0 Å². The third-order valence-corrected chi connectivity index (χ3v) is 4.18. The van der Waals surface area contributed by atoms with Gasteiger partial charge in [0.1, 0.15) is 0 Å². The Morgan fingerprint density at radius 1 is 1.60 bits per heavy atom. The zero-order valence-electron chi connectivity index (χ0n) is 9.28. The minimum absolute atomic E-state index is 0.610. The Labute approximate surface area is 95.3 Å². The smallest absolute Gasteiger partial charge is 0.185 e. The Hall–Kier alpha value is -0.610. The highest BCUT2D eigenvalue weighted by Gasteiger charge is 2.21. The number of nitrogens with two attached hydrogens (primary N) is 1. The zero-order valence-corrected chi connectivity index (χ0v) is 10.1. The molecule has 3 nitrogen and oxygen atoms in total. The first-order chi connectivity index (χ1) is 7.33. The summed E-state index contributed by atoms with van der Waals surface area (Å²) in [6.07, 6.45) is 6.11. The first-order valence-corrected chi connectivity index (χ1v) is 6.54. The highest BCUT2D eigenvalue weighted by atomic mass is 32.1. The standard InChI is InChI=1S/C11H19N3S/c1-2-14(8-9-4-3-5-9)11-13-7-10(6-12)15-11/h7,9H,2-6,8,12H2,1H3. The molecule has 1 aromatic heterocycles. The molecule has 2 rings (SSSR count). The monoisotopic (exact) mass is 225 g/mol. The molecule has 1 heterocycles. The zero-order chi connectivity index (χ0) is 10.7. The fourth-order valence-corrected chi connectivity index (χ4v) is 2.73. The predicted molar refractivity (Wildman–Crippen MR) is 65.2 cm³/mol. The molecule has 1 saturated carbocycles. The average molecular weight is 225 g/mol. The van der Waals surface area contributed by atoms with Crippen LogP contribution in [0.15, 0.2) is 6.20 Å². The van der Waals surface area contributed by atoms with E-state index in [4.69, 9.17) is 5.73 Å². The summed E-state index contributed by atoms with van der Waals surface area (Å²) >= 11 is 1.73.